The Balaban J connectivity index is 1.51. The predicted molar refractivity (Wildman–Crippen MR) is 93.9 cm³/mol. The van der Waals surface area contributed by atoms with E-state index >= 15 is 0 Å². The molecular formula is C19H28F3N3O. The van der Waals surface area contributed by atoms with Crippen LogP contribution in [0.2, 0.25) is 0 Å². The van der Waals surface area contributed by atoms with E-state index in [9.17, 15) is 13.2 Å². The highest BCUT2D eigenvalue weighted by atomic mass is 19.4. The van der Waals surface area contributed by atoms with Gasteiger partial charge in [-0.2, -0.15) is 13.2 Å². The fourth-order valence-electron chi connectivity index (χ4n) is 4.93. The van der Waals surface area contributed by atoms with Crippen LogP contribution in [0.15, 0.2) is 23.3 Å². The summed E-state index contributed by atoms with van der Waals surface area (Å²) < 4.78 is 46.8. The molecule has 26 heavy (non-hydrogen) atoms. The highest BCUT2D eigenvalue weighted by molar-refractivity contribution is 5.42. The largest absolute Gasteiger partial charge is 0.416 e. The first-order valence-electron chi connectivity index (χ1n) is 9.60. The van der Waals surface area contributed by atoms with Crippen molar-refractivity contribution >= 4 is 0 Å². The Kier molecular flexibility index (Phi) is 4.92. The quantitative estimate of drug-likeness (QED) is 0.822. The van der Waals surface area contributed by atoms with Gasteiger partial charge in [-0.05, 0) is 43.8 Å². The molecule has 0 aromatic carbocycles. The number of nitrogens with one attached hydrogen (secondary N) is 1. The van der Waals surface area contributed by atoms with E-state index in [2.05, 4.69) is 15.1 Å². The molecule has 0 spiro atoms. The zero-order chi connectivity index (χ0) is 18.4. The first kappa shape index (κ1) is 18.5. The van der Waals surface area contributed by atoms with E-state index in [-0.39, 0.29) is 0 Å². The molecule has 1 aliphatic carbocycles. The lowest BCUT2D eigenvalue weighted by molar-refractivity contribution is -0.0919. The topological polar surface area (TPSA) is 27.7 Å². The van der Waals surface area contributed by atoms with E-state index in [0.717, 1.165) is 26.2 Å². The fraction of sp³-hybridized carbons (Fsp3) is 0.789. The number of morpholine rings is 1. The van der Waals surface area contributed by atoms with Crippen LogP contribution in [-0.2, 0) is 4.74 Å². The lowest BCUT2D eigenvalue weighted by Crippen LogP contribution is -2.51. The van der Waals surface area contributed by atoms with Gasteiger partial charge >= 0.3 is 6.18 Å². The van der Waals surface area contributed by atoms with Gasteiger partial charge in [-0.15, -0.1) is 0 Å². The summed E-state index contributed by atoms with van der Waals surface area (Å²) in [4.78, 5) is 4.33. The van der Waals surface area contributed by atoms with Crippen LogP contribution in [0.3, 0.4) is 0 Å². The van der Waals surface area contributed by atoms with Crippen molar-refractivity contribution < 1.29 is 17.9 Å². The van der Waals surface area contributed by atoms with Gasteiger partial charge in [0.25, 0.3) is 0 Å². The van der Waals surface area contributed by atoms with Crippen LogP contribution in [-0.4, -0.2) is 80.5 Å². The van der Waals surface area contributed by atoms with Gasteiger partial charge in [0.2, 0.25) is 0 Å². The molecule has 3 saturated heterocycles. The average molecular weight is 371 g/mol. The van der Waals surface area contributed by atoms with Gasteiger partial charge in [0.15, 0.2) is 0 Å². The Hall–Kier alpha value is -0.890. The maximum atomic E-state index is 13.8. The van der Waals surface area contributed by atoms with Gasteiger partial charge in [-0.3, -0.25) is 9.80 Å². The number of hydrogen-bond acceptors (Lipinski definition) is 4. The molecule has 0 aromatic rings. The summed E-state index contributed by atoms with van der Waals surface area (Å²) in [7, 11) is 0. The Morgan fingerprint density at radius 2 is 1.85 bits per heavy atom. The first-order chi connectivity index (χ1) is 12.4. The number of halogens is 3. The van der Waals surface area contributed by atoms with Crippen molar-refractivity contribution in [2.45, 2.75) is 25.1 Å². The van der Waals surface area contributed by atoms with E-state index in [1.807, 2.05) is 13.0 Å². The average Bonchev–Trinajstić information content (AvgIpc) is 3.18. The molecule has 0 radical (unpaired) electrons. The minimum atomic E-state index is -4.31. The third-order valence-electron chi connectivity index (χ3n) is 6.46. The van der Waals surface area contributed by atoms with E-state index in [1.165, 1.54) is 6.08 Å². The third-order valence-corrected chi connectivity index (χ3v) is 6.46. The zero-order valence-corrected chi connectivity index (χ0v) is 15.3. The summed E-state index contributed by atoms with van der Waals surface area (Å²) in [5.74, 6) is 1.19. The molecule has 1 N–H and O–H groups in total. The maximum Gasteiger partial charge on any atom is 0.416 e. The molecule has 3 fully saturated rings. The summed E-state index contributed by atoms with van der Waals surface area (Å²) in [6, 6.07) is 0. The number of alkyl halides is 3. The first-order valence-corrected chi connectivity index (χ1v) is 9.60. The molecule has 3 aliphatic heterocycles. The van der Waals surface area contributed by atoms with Crippen molar-refractivity contribution in [3.63, 3.8) is 0 Å². The van der Waals surface area contributed by atoms with Crippen molar-refractivity contribution in [3.05, 3.63) is 23.3 Å². The van der Waals surface area contributed by atoms with Gasteiger partial charge < -0.3 is 10.1 Å². The van der Waals surface area contributed by atoms with Crippen LogP contribution >= 0.6 is 0 Å². The highest BCUT2D eigenvalue weighted by Crippen LogP contribution is 2.40. The number of likely N-dealkylation sites (tertiary alicyclic amines) is 1. The lowest BCUT2D eigenvalue weighted by Gasteiger charge is -2.43. The van der Waals surface area contributed by atoms with Crippen molar-refractivity contribution in [2.24, 2.45) is 11.8 Å². The summed E-state index contributed by atoms with van der Waals surface area (Å²) in [5.41, 5.74) is -0.562. The Morgan fingerprint density at radius 1 is 1.19 bits per heavy atom. The molecule has 7 heteroatoms. The van der Waals surface area contributed by atoms with Crippen LogP contribution in [0.5, 0.6) is 0 Å². The Morgan fingerprint density at radius 3 is 2.46 bits per heavy atom. The van der Waals surface area contributed by atoms with Gasteiger partial charge in [0, 0.05) is 38.3 Å². The Labute approximate surface area is 153 Å². The van der Waals surface area contributed by atoms with E-state index in [0.29, 0.717) is 56.7 Å². The van der Waals surface area contributed by atoms with Crippen LogP contribution in [0.1, 0.15) is 13.3 Å². The molecule has 0 bridgehead atoms. The molecule has 0 aromatic heterocycles. The van der Waals surface area contributed by atoms with Crippen LogP contribution in [0.4, 0.5) is 13.2 Å². The summed E-state index contributed by atoms with van der Waals surface area (Å²) in [5, 5.41) is 3.38. The third kappa shape index (κ3) is 3.59. The summed E-state index contributed by atoms with van der Waals surface area (Å²) in [6.45, 7) is 8.68. The fourth-order valence-corrected chi connectivity index (χ4v) is 4.93. The van der Waals surface area contributed by atoms with Crippen LogP contribution in [0.25, 0.3) is 0 Å². The normalized spacial score (nSPS) is 36.8. The van der Waals surface area contributed by atoms with Crippen LogP contribution < -0.4 is 5.32 Å². The van der Waals surface area contributed by atoms with E-state index in [1.54, 1.807) is 0 Å². The predicted octanol–water partition coefficient (Wildman–Crippen LogP) is 2.05. The summed E-state index contributed by atoms with van der Waals surface area (Å²) >= 11 is 0. The molecule has 146 valence electrons. The second-order valence-electron chi connectivity index (χ2n) is 8.32. The standard InChI is InChI=1S/C19H28F3N3O/c1-18(25-4-6-26-7-5-25)3-2-14(17(8-18)19(20,21)22)11-24-12-15-9-23-10-16(15)13-24/h2,8,15-16,23H,3-7,9-13H2,1H3. The van der Waals surface area contributed by atoms with Crippen LogP contribution in [0, 0.1) is 11.8 Å². The highest BCUT2D eigenvalue weighted by Gasteiger charge is 2.44. The van der Waals surface area contributed by atoms with E-state index < -0.39 is 17.3 Å². The molecule has 0 saturated carbocycles. The van der Waals surface area contributed by atoms with Gasteiger partial charge in [0.1, 0.15) is 0 Å². The molecular weight excluding hydrogens is 343 g/mol. The second-order valence-corrected chi connectivity index (χ2v) is 8.32. The van der Waals surface area contributed by atoms with Crippen molar-refractivity contribution in [1.29, 1.82) is 0 Å². The molecule has 4 nitrogen and oxygen atoms in total. The molecule has 4 aliphatic rings. The molecule has 4 rings (SSSR count). The van der Waals surface area contributed by atoms with Crippen molar-refractivity contribution in [2.75, 3.05) is 59.0 Å². The lowest BCUT2D eigenvalue weighted by atomic mass is 9.83. The molecule has 3 unspecified atom stereocenters. The van der Waals surface area contributed by atoms with Crippen molar-refractivity contribution in [3.8, 4) is 0 Å². The SMILES string of the molecule is CC1(N2CCOCC2)C=C(C(F)(F)F)C(CN2CC3CNCC3C2)=CC1. The number of hydrogen-bond donors (Lipinski definition) is 1. The zero-order valence-electron chi connectivity index (χ0n) is 15.3. The molecule has 3 heterocycles. The molecule has 3 atom stereocenters. The maximum absolute atomic E-state index is 13.8. The minimum Gasteiger partial charge on any atom is -0.379 e. The number of fused-ring (bicyclic) bond motifs is 1. The number of rotatable bonds is 3. The van der Waals surface area contributed by atoms with Gasteiger partial charge in [-0.1, -0.05) is 12.2 Å². The smallest absolute Gasteiger partial charge is 0.379 e. The van der Waals surface area contributed by atoms with Gasteiger partial charge in [0.05, 0.1) is 18.8 Å². The number of nitrogens with zero attached hydrogens (tertiary/aromatic N) is 2. The van der Waals surface area contributed by atoms with Gasteiger partial charge in [-0.25, -0.2) is 0 Å². The molecule has 0 amide bonds. The van der Waals surface area contributed by atoms with E-state index in [4.69, 9.17) is 4.74 Å². The summed E-state index contributed by atoms with van der Waals surface area (Å²) in [6.07, 6.45) is -0.363. The monoisotopic (exact) mass is 371 g/mol. The second kappa shape index (κ2) is 6.93. The van der Waals surface area contributed by atoms with Crippen molar-refractivity contribution in [1.82, 2.24) is 15.1 Å². The Bertz CT molecular complexity index is 585. The number of ether oxygens (including phenoxy) is 1. The minimum absolute atomic E-state index is 0.414.